The van der Waals surface area contributed by atoms with E-state index < -0.39 is 0 Å². The molecule has 5 heteroatoms. The van der Waals surface area contributed by atoms with Crippen molar-refractivity contribution >= 4 is 5.96 Å². The Labute approximate surface area is 165 Å². The number of aliphatic imine (C=N–C) groups is 1. The molecule has 2 N–H and O–H groups in total. The smallest absolute Gasteiger partial charge is 0.191 e. The third-order valence-corrected chi connectivity index (χ3v) is 4.32. The van der Waals surface area contributed by atoms with Gasteiger partial charge in [-0.15, -0.1) is 0 Å². The van der Waals surface area contributed by atoms with Gasteiger partial charge < -0.3 is 20.1 Å². The Balaban J connectivity index is 2.20. The van der Waals surface area contributed by atoms with Crippen LogP contribution in [0.4, 0.5) is 0 Å². The van der Waals surface area contributed by atoms with Crippen LogP contribution >= 0.6 is 0 Å². The van der Waals surface area contributed by atoms with Crippen LogP contribution in [-0.2, 0) is 15.9 Å². The average Bonchev–Trinajstić information content (AvgIpc) is 2.67. The van der Waals surface area contributed by atoms with Gasteiger partial charge in [0.2, 0.25) is 0 Å². The van der Waals surface area contributed by atoms with Crippen LogP contribution in [0.5, 0.6) is 0 Å². The predicted octanol–water partition coefficient (Wildman–Crippen LogP) is 3.74. The molecular formula is C22H39N3O2. The maximum Gasteiger partial charge on any atom is 0.191 e. The van der Waals surface area contributed by atoms with Gasteiger partial charge in [0.25, 0.3) is 0 Å². The van der Waals surface area contributed by atoms with Crippen molar-refractivity contribution in [3.63, 3.8) is 0 Å². The Morgan fingerprint density at radius 2 is 1.78 bits per heavy atom. The molecule has 0 amide bonds. The number of nitrogens with zero attached hydrogens (tertiary/aromatic N) is 1. The summed E-state index contributed by atoms with van der Waals surface area (Å²) < 4.78 is 10.4. The summed E-state index contributed by atoms with van der Waals surface area (Å²) in [6.45, 7) is 11.3. The number of hydrogen-bond acceptors (Lipinski definition) is 3. The molecule has 0 unspecified atom stereocenters. The number of methoxy groups -OCH3 is 1. The van der Waals surface area contributed by atoms with Crippen molar-refractivity contribution < 1.29 is 9.47 Å². The van der Waals surface area contributed by atoms with Gasteiger partial charge in [-0.1, -0.05) is 38.1 Å². The molecule has 0 aliphatic heterocycles. The molecule has 154 valence electrons. The van der Waals surface area contributed by atoms with E-state index in [1.165, 1.54) is 11.1 Å². The molecule has 0 radical (unpaired) electrons. The van der Waals surface area contributed by atoms with Crippen molar-refractivity contribution in [2.24, 2.45) is 4.99 Å². The molecule has 27 heavy (non-hydrogen) atoms. The molecule has 0 heterocycles. The van der Waals surface area contributed by atoms with E-state index in [1.54, 1.807) is 7.11 Å². The highest BCUT2D eigenvalue weighted by atomic mass is 16.5. The number of ether oxygens (including phenoxy) is 2. The molecule has 0 aromatic heterocycles. The Hall–Kier alpha value is -1.59. The van der Waals surface area contributed by atoms with Gasteiger partial charge in [-0.3, -0.25) is 4.99 Å². The quantitative estimate of drug-likeness (QED) is 0.295. The van der Waals surface area contributed by atoms with Crippen LogP contribution in [0.15, 0.2) is 29.3 Å². The van der Waals surface area contributed by atoms with Crippen LogP contribution in [-0.4, -0.2) is 52.5 Å². The number of aryl methyl sites for hydroxylation is 1. The largest absolute Gasteiger partial charge is 0.382 e. The summed E-state index contributed by atoms with van der Waals surface area (Å²) in [7, 11) is 1.69. The van der Waals surface area contributed by atoms with E-state index in [1.807, 2.05) is 0 Å². The summed E-state index contributed by atoms with van der Waals surface area (Å²) in [6.07, 6.45) is 4.24. The first-order valence-electron chi connectivity index (χ1n) is 10.3. The number of nitrogens with one attached hydrogen (secondary N) is 2. The molecule has 0 saturated heterocycles. The lowest BCUT2D eigenvalue weighted by Gasteiger charge is -2.11. The molecule has 5 nitrogen and oxygen atoms in total. The Morgan fingerprint density at radius 3 is 2.44 bits per heavy atom. The topological polar surface area (TPSA) is 54.9 Å². The number of benzene rings is 1. The number of unbranched alkanes of at least 4 members (excludes halogenated alkanes) is 1. The fourth-order valence-electron chi connectivity index (χ4n) is 2.67. The second-order valence-electron chi connectivity index (χ2n) is 7.00. The first-order chi connectivity index (χ1) is 13.2. The molecule has 0 spiro atoms. The third kappa shape index (κ3) is 11.7. The maximum atomic E-state index is 5.47. The van der Waals surface area contributed by atoms with Crippen molar-refractivity contribution in [3.05, 3.63) is 35.4 Å². The number of guanidine groups is 1. The highest BCUT2D eigenvalue weighted by molar-refractivity contribution is 5.79. The summed E-state index contributed by atoms with van der Waals surface area (Å²) in [5, 5.41) is 6.71. The van der Waals surface area contributed by atoms with Gasteiger partial charge in [0.15, 0.2) is 5.96 Å². The van der Waals surface area contributed by atoms with Crippen LogP contribution in [0.25, 0.3) is 0 Å². The van der Waals surface area contributed by atoms with Gasteiger partial charge in [0, 0.05) is 33.4 Å². The standard InChI is InChI=1S/C22H39N3O2/c1-5-23-22(24-14-6-7-16-27-18-17-26-4)25-15-8-9-20-10-12-21(13-11-20)19(2)3/h10-13,19H,5-9,14-18H2,1-4H3,(H2,23,24,25). The molecule has 1 rings (SSSR count). The van der Waals surface area contributed by atoms with Gasteiger partial charge in [0.1, 0.15) is 0 Å². The van der Waals surface area contributed by atoms with Crippen LogP contribution in [0.2, 0.25) is 0 Å². The molecule has 0 aliphatic carbocycles. The minimum atomic E-state index is 0.592. The Morgan fingerprint density at radius 1 is 1.00 bits per heavy atom. The lowest BCUT2D eigenvalue weighted by molar-refractivity contribution is 0.0689. The summed E-state index contributed by atoms with van der Waals surface area (Å²) in [6, 6.07) is 8.98. The second kappa shape index (κ2) is 15.5. The lowest BCUT2D eigenvalue weighted by atomic mass is 10.0. The predicted molar refractivity (Wildman–Crippen MR) is 115 cm³/mol. The fourth-order valence-corrected chi connectivity index (χ4v) is 2.67. The zero-order valence-corrected chi connectivity index (χ0v) is 17.7. The summed E-state index contributed by atoms with van der Waals surface area (Å²) >= 11 is 0. The normalized spacial score (nSPS) is 11.8. The van der Waals surface area contributed by atoms with Crippen molar-refractivity contribution in [2.45, 2.75) is 52.4 Å². The second-order valence-corrected chi connectivity index (χ2v) is 7.00. The third-order valence-electron chi connectivity index (χ3n) is 4.32. The molecule has 0 aliphatic rings. The summed E-state index contributed by atoms with van der Waals surface area (Å²) in [5.41, 5.74) is 2.79. The van der Waals surface area contributed by atoms with Crippen LogP contribution < -0.4 is 10.6 Å². The van der Waals surface area contributed by atoms with Gasteiger partial charge in [-0.05, 0) is 49.7 Å². The molecule has 0 bridgehead atoms. The molecule has 1 aromatic carbocycles. The van der Waals surface area contributed by atoms with E-state index in [0.29, 0.717) is 19.1 Å². The van der Waals surface area contributed by atoms with Gasteiger partial charge in [-0.25, -0.2) is 0 Å². The van der Waals surface area contributed by atoms with Crippen molar-refractivity contribution in [1.82, 2.24) is 10.6 Å². The average molecular weight is 378 g/mol. The number of hydrogen-bond donors (Lipinski definition) is 2. The molecule has 0 saturated carbocycles. The number of rotatable bonds is 14. The molecular weight excluding hydrogens is 338 g/mol. The lowest BCUT2D eigenvalue weighted by Crippen LogP contribution is -2.38. The van der Waals surface area contributed by atoms with Crippen LogP contribution in [0, 0.1) is 0 Å². The van der Waals surface area contributed by atoms with E-state index in [4.69, 9.17) is 9.47 Å². The molecule has 0 fully saturated rings. The zero-order chi connectivity index (χ0) is 19.7. The monoisotopic (exact) mass is 377 g/mol. The van der Waals surface area contributed by atoms with E-state index >= 15 is 0 Å². The minimum Gasteiger partial charge on any atom is -0.382 e. The van der Waals surface area contributed by atoms with Crippen LogP contribution in [0.3, 0.4) is 0 Å². The minimum absolute atomic E-state index is 0.592. The van der Waals surface area contributed by atoms with Crippen LogP contribution in [0.1, 0.15) is 57.1 Å². The SMILES string of the molecule is CCNC(=NCCCc1ccc(C(C)C)cc1)NCCCCOCCOC. The summed E-state index contributed by atoms with van der Waals surface area (Å²) in [4.78, 5) is 4.68. The Kier molecular flexibility index (Phi) is 13.4. The van der Waals surface area contributed by atoms with E-state index in [0.717, 1.165) is 57.9 Å². The van der Waals surface area contributed by atoms with E-state index in [2.05, 4.69) is 60.7 Å². The highest BCUT2D eigenvalue weighted by Crippen LogP contribution is 2.15. The highest BCUT2D eigenvalue weighted by Gasteiger charge is 2.00. The first-order valence-corrected chi connectivity index (χ1v) is 10.3. The van der Waals surface area contributed by atoms with Gasteiger partial charge in [0.05, 0.1) is 13.2 Å². The van der Waals surface area contributed by atoms with Gasteiger partial charge in [-0.2, -0.15) is 0 Å². The van der Waals surface area contributed by atoms with E-state index in [9.17, 15) is 0 Å². The maximum absolute atomic E-state index is 5.47. The fraction of sp³-hybridized carbons (Fsp3) is 0.682. The van der Waals surface area contributed by atoms with E-state index in [-0.39, 0.29) is 0 Å². The molecule has 1 aromatic rings. The summed E-state index contributed by atoms with van der Waals surface area (Å²) in [5.74, 6) is 1.50. The Bertz CT molecular complexity index is 501. The zero-order valence-electron chi connectivity index (χ0n) is 17.7. The first kappa shape index (κ1) is 23.4. The van der Waals surface area contributed by atoms with Gasteiger partial charge >= 0.3 is 0 Å². The van der Waals surface area contributed by atoms with Crippen molar-refractivity contribution in [1.29, 1.82) is 0 Å². The molecule has 0 atom stereocenters. The van der Waals surface area contributed by atoms with Crippen molar-refractivity contribution in [3.8, 4) is 0 Å². The van der Waals surface area contributed by atoms with Crippen molar-refractivity contribution in [2.75, 3.05) is 46.6 Å².